The van der Waals surface area contributed by atoms with Gasteiger partial charge >= 0.3 is 11.8 Å². The summed E-state index contributed by atoms with van der Waals surface area (Å²) in [6, 6.07) is 7.67. The number of nitro groups is 1. The Hall–Kier alpha value is -3.95. The molecule has 10 heteroatoms. The summed E-state index contributed by atoms with van der Waals surface area (Å²) in [5.41, 5.74) is 3.62. The third-order valence-electron chi connectivity index (χ3n) is 3.86. The van der Waals surface area contributed by atoms with E-state index in [2.05, 4.69) is 10.4 Å². The Labute approximate surface area is 166 Å². The molecule has 29 heavy (non-hydrogen) atoms. The van der Waals surface area contributed by atoms with Crippen molar-refractivity contribution in [3.05, 3.63) is 57.1 Å². The first-order chi connectivity index (χ1) is 13.7. The highest BCUT2D eigenvalue weighted by molar-refractivity contribution is 6.39. The van der Waals surface area contributed by atoms with Crippen LogP contribution >= 0.6 is 0 Å². The van der Waals surface area contributed by atoms with E-state index in [0.29, 0.717) is 5.69 Å². The Morgan fingerprint density at radius 2 is 1.86 bits per heavy atom. The molecule has 0 aliphatic rings. The number of nitrogens with one attached hydrogen (secondary N) is 2. The molecule has 0 radical (unpaired) electrons. The van der Waals surface area contributed by atoms with Gasteiger partial charge in [0.25, 0.3) is 5.69 Å². The molecule has 0 unspecified atom stereocenters. The van der Waals surface area contributed by atoms with Gasteiger partial charge in [0, 0.05) is 23.1 Å². The molecule has 0 saturated heterocycles. The number of anilines is 1. The fourth-order valence-corrected chi connectivity index (χ4v) is 2.48. The maximum atomic E-state index is 12.0. The summed E-state index contributed by atoms with van der Waals surface area (Å²) in [5, 5.41) is 29.1. The highest BCUT2D eigenvalue weighted by Crippen LogP contribution is 2.34. The highest BCUT2D eigenvalue weighted by atomic mass is 16.6. The standard InChI is InChI=1S/C19H20N4O6/c1-4-29-15-9-13(8-14(17(15)24)23(27)28)10-20-22-19(26)18(25)21-16-11(2)6-5-7-12(16)3/h5-10,24H,4H2,1-3H3,(H,21,25)(H,22,26)/p-1/b20-10-. The van der Waals surface area contributed by atoms with Gasteiger partial charge in [-0.05, 0) is 38.0 Å². The van der Waals surface area contributed by atoms with Crippen LogP contribution in [0.2, 0.25) is 0 Å². The minimum Gasteiger partial charge on any atom is -0.865 e. The van der Waals surface area contributed by atoms with E-state index in [1.165, 1.54) is 6.07 Å². The predicted molar refractivity (Wildman–Crippen MR) is 104 cm³/mol. The maximum absolute atomic E-state index is 12.0. The van der Waals surface area contributed by atoms with Crippen molar-refractivity contribution in [3.63, 3.8) is 0 Å². The summed E-state index contributed by atoms with van der Waals surface area (Å²) in [6.45, 7) is 5.35. The Morgan fingerprint density at radius 3 is 2.45 bits per heavy atom. The van der Waals surface area contributed by atoms with Crippen molar-refractivity contribution >= 4 is 29.4 Å². The lowest BCUT2D eigenvalue weighted by molar-refractivity contribution is -0.398. The average molecular weight is 399 g/mol. The molecule has 0 heterocycles. The lowest BCUT2D eigenvalue weighted by atomic mass is 10.1. The zero-order valence-corrected chi connectivity index (χ0v) is 16.0. The van der Waals surface area contributed by atoms with Crippen molar-refractivity contribution in [2.45, 2.75) is 20.8 Å². The summed E-state index contributed by atoms with van der Waals surface area (Å²) < 4.78 is 5.09. The fraction of sp³-hybridized carbons (Fsp3) is 0.211. The van der Waals surface area contributed by atoms with Crippen LogP contribution in [-0.4, -0.2) is 29.6 Å². The van der Waals surface area contributed by atoms with E-state index in [9.17, 15) is 24.8 Å². The molecule has 2 aromatic rings. The molecule has 0 aromatic heterocycles. The van der Waals surface area contributed by atoms with E-state index >= 15 is 0 Å². The first-order valence-electron chi connectivity index (χ1n) is 8.57. The normalized spacial score (nSPS) is 10.6. The minimum absolute atomic E-state index is 0.141. The van der Waals surface area contributed by atoms with Crippen molar-refractivity contribution in [2.24, 2.45) is 5.10 Å². The number of rotatable bonds is 6. The first-order valence-corrected chi connectivity index (χ1v) is 8.57. The molecule has 2 amide bonds. The smallest absolute Gasteiger partial charge is 0.329 e. The molecule has 0 spiro atoms. The van der Waals surface area contributed by atoms with Gasteiger partial charge in [-0.15, -0.1) is 0 Å². The van der Waals surface area contributed by atoms with Gasteiger partial charge in [0.1, 0.15) is 5.75 Å². The molecular weight excluding hydrogens is 380 g/mol. The lowest BCUT2D eigenvalue weighted by Gasteiger charge is -2.14. The lowest BCUT2D eigenvalue weighted by Crippen LogP contribution is -2.32. The SMILES string of the molecule is CCOc1cc(/C=N\NC(=O)C(=O)Nc2c(C)cccc2C)cc([N+](=O)[O-])c1[O-]. The van der Waals surface area contributed by atoms with Gasteiger partial charge in [-0.2, -0.15) is 5.10 Å². The number of hydrogen-bond donors (Lipinski definition) is 2. The predicted octanol–water partition coefficient (Wildman–Crippen LogP) is 1.77. The molecule has 152 valence electrons. The first kappa shape index (κ1) is 21.4. The number of nitro benzene ring substituents is 1. The molecule has 2 N–H and O–H groups in total. The van der Waals surface area contributed by atoms with Crippen LogP contribution in [0.25, 0.3) is 0 Å². The van der Waals surface area contributed by atoms with Gasteiger partial charge in [0.2, 0.25) is 0 Å². The number of carbonyl (C=O) groups excluding carboxylic acids is 2. The van der Waals surface area contributed by atoms with Crippen molar-refractivity contribution in [1.82, 2.24) is 5.43 Å². The van der Waals surface area contributed by atoms with Crippen molar-refractivity contribution in [3.8, 4) is 11.5 Å². The third-order valence-corrected chi connectivity index (χ3v) is 3.86. The number of amides is 2. The molecule has 0 atom stereocenters. The van der Waals surface area contributed by atoms with Crippen LogP contribution in [-0.2, 0) is 9.59 Å². The van der Waals surface area contributed by atoms with Crippen LogP contribution in [0.15, 0.2) is 35.4 Å². The van der Waals surface area contributed by atoms with Crippen LogP contribution in [0.1, 0.15) is 23.6 Å². The third kappa shape index (κ3) is 5.28. The van der Waals surface area contributed by atoms with E-state index < -0.39 is 28.2 Å². The number of hydrogen-bond acceptors (Lipinski definition) is 7. The fourth-order valence-electron chi connectivity index (χ4n) is 2.48. The topological polar surface area (TPSA) is 146 Å². The molecule has 2 rings (SSSR count). The summed E-state index contributed by atoms with van der Waals surface area (Å²) in [5.74, 6) is -3.01. The van der Waals surface area contributed by atoms with Crippen molar-refractivity contribution in [1.29, 1.82) is 0 Å². The number of hydrazone groups is 1. The van der Waals surface area contributed by atoms with Crippen LogP contribution in [0.5, 0.6) is 11.5 Å². The second kappa shape index (κ2) is 9.31. The molecule has 2 aromatic carbocycles. The largest absolute Gasteiger partial charge is 0.865 e. The number of nitrogens with zero attached hydrogens (tertiary/aromatic N) is 2. The van der Waals surface area contributed by atoms with E-state index in [4.69, 9.17) is 4.74 Å². The number of carbonyl (C=O) groups is 2. The van der Waals surface area contributed by atoms with Crippen LogP contribution in [0.3, 0.4) is 0 Å². The summed E-state index contributed by atoms with van der Waals surface area (Å²) in [4.78, 5) is 34.2. The summed E-state index contributed by atoms with van der Waals surface area (Å²) in [7, 11) is 0. The Morgan fingerprint density at radius 1 is 1.21 bits per heavy atom. The maximum Gasteiger partial charge on any atom is 0.329 e. The van der Waals surface area contributed by atoms with Crippen LogP contribution in [0, 0.1) is 24.0 Å². The average Bonchev–Trinajstić information content (AvgIpc) is 2.66. The highest BCUT2D eigenvalue weighted by Gasteiger charge is 2.16. The van der Waals surface area contributed by atoms with Gasteiger partial charge in [-0.25, -0.2) is 5.43 Å². The van der Waals surface area contributed by atoms with E-state index in [1.807, 2.05) is 11.5 Å². The molecule has 10 nitrogen and oxygen atoms in total. The minimum atomic E-state index is -1.02. The number of benzene rings is 2. The summed E-state index contributed by atoms with van der Waals surface area (Å²) >= 11 is 0. The number of aryl methyl sites for hydroxylation is 2. The monoisotopic (exact) mass is 399 g/mol. The molecule has 0 bridgehead atoms. The number of ether oxygens (including phenoxy) is 1. The molecule has 0 fully saturated rings. The second-order valence-corrected chi connectivity index (χ2v) is 5.98. The van der Waals surface area contributed by atoms with E-state index in [-0.39, 0.29) is 17.9 Å². The molecule has 0 aliphatic carbocycles. The van der Waals surface area contributed by atoms with Crippen molar-refractivity contribution in [2.75, 3.05) is 11.9 Å². The van der Waals surface area contributed by atoms with E-state index in [0.717, 1.165) is 23.4 Å². The Balaban J connectivity index is 2.11. The van der Waals surface area contributed by atoms with Gasteiger partial charge in [0.05, 0.1) is 17.7 Å². The Kier molecular flexibility index (Phi) is 6.85. The molecule has 0 aliphatic heterocycles. The number of para-hydroxylation sites is 1. The zero-order valence-electron chi connectivity index (χ0n) is 16.0. The van der Waals surface area contributed by atoms with E-state index in [1.54, 1.807) is 32.9 Å². The Bertz CT molecular complexity index is 967. The van der Waals surface area contributed by atoms with Crippen molar-refractivity contribution < 1.29 is 24.4 Å². The second-order valence-electron chi connectivity index (χ2n) is 5.98. The van der Waals surface area contributed by atoms with Gasteiger partial charge in [-0.3, -0.25) is 19.7 Å². The van der Waals surface area contributed by atoms with Gasteiger partial charge in [-0.1, -0.05) is 18.2 Å². The van der Waals surface area contributed by atoms with Gasteiger partial charge in [0.15, 0.2) is 0 Å². The quantitative estimate of drug-likeness (QED) is 0.328. The summed E-state index contributed by atoms with van der Waals surface area (Å²) in [6.07, 6.45) is 1.07. The molecular formula is C19H19N4O6-. The molecule has 0 saturated carbocycles. The van der Waals surface area contributed by atoms with Crippen LogP contribution < -0.4 is 20.6 Å². The van der Waals surface area contributed by atoms with Crippen LogP contribution in [0.4, 0.5) is 11.4 Å². The van der Waals surface area contributed by atoms with Gasteiger partial charge < -0.3 is 15.2 Å². The zero-order chi connectivity index (χ0) is 21.6.